The Morgan fingerprint density at radius 1 is 0.905 bits per heavy atom. The van der Waals surface area contributed by atoms with Crippen LogP contribution in [0.1, 0.15) is 18.5 Å². The second-order valence-electron chi connectivity index (χ2n) is 4.06. The summed E-state index contributed by atoms with van der Waals surface area (Å²) in [6.07, 6.45) is -11.2. The van der Waals surface area contributed by atoms with Crippen LogP contribution in [-0.4, -0.2) is 29.1 Å². The van der Waals surface area contributed by atoms with Crippen molar-refractivity contribution in [3.05, 3.63) is 35.9 Å². The summed E-state index contributed by atoms with van der Waals surface area (Å²) in [5, 5.41) is 0. The fourth-order valence-corrected chi connectivity index (χ4v) is 1.60. The average molecular weight is 313 g/mol. The Kier molecular flexibility index (Phi) is 4.65. The highest BCUT2D eigenvalue weighted by molar-refractivity contribution is 6.00. The number of carbonyl (C=O) groups is 2. The van der Waals surface area contributed by atoms with Gasteiger partial charge in [0.05, 0.1) is 6.04 Å². The summed E-state index contributed by atoms with van der Waals surface area (Å²) in [5.74, 6) is -5.72. The number of carbonyl (C=O) groups excluding carboxylic acids is 2. The maximum Gasteiger partial charge on any atom is 0.471 e. The molecule has 0 radical (unpaired) electrons. The standard InChI is InChI=1S/C12H9F6NO2/c1-7(8-5-3-2-4-6-8)19(9(20)11(13,14)15)10(21)12(16,17)18/h2-7H,1H3. The lowest BCUT2D eigenvalue weighted by Crippen LogP contribution is -2.51. The minimum absolute atomic E-state index is 0.0345. The Morgan fingerprint density at radius 2 is 1.29 bits per heavy atom. The van der Waals surface area contributed by atoms with Gasteiger partial charge in [-0.15, -0.1) is 0 Å². The molecular weight excluding hydrogens is 304 g/mol. The van der Waals surface area contributed by atoms with Crippen LogP contribution in [0.15, 0.2) is 30.3 Å². The van der Waals surface area contributed by atoms with Crippen molar-refractivity contribution < 1.29 is 35.9 Å². The fourth-order valence-electron chi connectivity index (χ4n) is 1.60. The van der Waals surface area contributed by atoms with Crippen molar-refractivity contribution >= 4 is 11.8 Å². The molecular formula is C12H9F6NO2. The van der Waals surface area contributed by atoms with Crippen molar-refractivity contribution in [3.63, 3.8) is 0 Å². The molecule has 0 spiro atoms. The molecule has 1 aromatic carbocycles. The van der Waals surface area contributed by atoms with E-state index >= 15 is 0 Å². The van der Waals surface area contributed by atoms with E-state index in [0.29, 0.717) is 0 Å². The molecule has 0 aromatic heterocycles. The largest absolute Gasteiger partial charge is 0.471 e. The zero-order valence-electron chi connectivity index (χ0n) is 10.5. The van der Waals surface area contributed by atoms with Crippen LogP contribution in [0.4, 0.5) is 26.3 Å². The van der Waals surface area contributed by atoms with Crippen molar-refractivity contribution in [1.82, 2.24) is 4.90 Å². The van der Waals surface area contributed by atoms with Crippen LogP contribution in [0, 0.1) is 0 Å². The number of hydrogen-bond donors (Lipinski definition) is 0. The molecule has 0 N–H and O–H groups in total. The van der Waals surface area contributed by atoms with Gasteiger partial charge in [-0.25, -0.2) is 0 Å². The summed E-state index contributed by atoms with van der Waals surface area (Å²) >= 11 is 0. The molecule has 116 valence electrons. The molecule has 1 atom stereocenters. The predicted molar refractivity (Wildman–Crippen MR) is 58.8 cm³/mol. The Morgan fingerprint density at radius 3 is 1.62 bits per heavy atom. The number of amides is 2. The maximum absolute atomic E-state index is 12.4. The highest BCUT2D eigenvalue weighted by atomic mass is 19.4. The first-order valence-electron chi connectivity index (χ1n) is 5.52. The van der Waals surface area contributed by atoms with E-state index in [9.17, 15) is 35.9 Å². The van der Waals surface area contributed by atoms with Crippen LogP contribution in [0.2, 0.25) is 0 Å². The summed E-state index contributed by atoms with van der Waals surface area (Å²) in [6.45, 7) is 0.905. The van der Waals surface area contributed by atoms with E-state index in [1.54, 1.807) is 0 Å². The van der Waals surface area contributed by atoms with Crippen LogP contribution >= 0.6 is 0 Å². The van der Waals surface area contributed by atoms with Gasteiger partial charge in [-0.1, -0.05) is 30.3 Å². The molecule has 0 aliphatic heterocycles. The van der Waals surface area contributed by atoms with E-state index in [1.165, 1.54) is 30.3 Å². The number of halogens is 6. The smallest absolute Gasteiger partial charge is 0.264 e. The third-order valence-electron chi connectivity index (χ3n) is 2.59. The molecule has 0 saturated heterocycles. The molecule has 1 rings (SSSR count). The van der Waals surface area contributed by atoms with Crippen LogP contribution in [0.3, 0.4) is 0 Å². The summed E-state index contributed by atoms with van der Waals surface area (Å²) in [6, 6.07) is 4.92. The Balaban J connectivity index is 3.26. The number of benzene rings is 1. The lowest BCUT2D eigenvalue weighted by molar-refractivity contribution is -0.206. The van der Waals surface area contributed by atoms with E-state index in [1.807, 2.05) is 0 Å². The van der Waals surface area contributed by atoms with E-state index in [4.69, 9.17) is 0 Å². The van der Waals surface area contributed by atoms with Gasteiger partial charge < -0.3 is 0 Å². The van der Waals surface area contributed by atoms with Crippen molar-refractivity contribution in [2.45, 2.75) is 25.3 Å². The van der Waals surface area contributed by atoms with E-state index in [2.05, 4.69) is 0 Å². The molecule has 1 aromatic rings. The Labute approximate surface area is 115 Å². The molecule has 0 aliphatic carbocycles. The summed E-state index contributed by atoms with van der Waals surface area (Å²) in [7, 11) is 0. The highest BCUT2D eigenvalue weighted by Gasteiger charge is 2.53. The molecule has 9 heteroatoms. The lowest BCUT2D eigenvalue weighted by Gasteiger charge is -2.28. The maximum atomic E-state index is 12.4. The van der Waals surface area contributed by atoms with Crippen molar-refractivity contribution in [2.75, 3.05) is 0 Å². The van der Waals surface area contributed by atoms with Crippen molar-refractivity contribution in [1.29, 1.82) is 0 Å². The van der Waals surface area contributed by atoms with E-state index < -0.39 is 35.1 Å². The van der Waals surface area contributed by atoms with Crippen LogP contribution in [0.5, 0.6) is 0 Å². The van der Waals surface area contributed by atoms with Crippen molar-refractivity contribution in [2.24, 2.45) is 0 Å². The molecule has 0 aliphatic rings. The first-order valence-corrected chi connectivity index (χ1v) is 5.52. The summed E-state index contributed by atoms with van der Waals surface area (Å²) in [5.41, 5.74) is -0.0345. The summed E-state index contributed by atoms with van der Waals surface area (Å²) < 4.78 is 74.5. The molecule has 2 amide bonds. The zero-order chi connectivity index (χ0) is 16.4. The molecule has 0 fully saturated rings. The SMILES string of the molecule is CC(c1ccccc1)N(C(=O)C(F)(F)F)C(=O)C(F)(F)F. The second-order valence-corrected chi connectivity index (χ2v) is 4.06. The van der Waals surface area contributed by atoms with Crippen LogP contribution in [0.25, 0.3) is 0 Å². The molecule has 3 nitrogen and oxygen atoms in total. The van der Waals surface area contributed by atoms with Gasteiger partial charge in [0.1, 0.15) is 0 Å². The minimum Gasteiger partial charge on any atom is -0.264 e. The average Bonchev–Trinajstić information content (AvgIpc) is 2.37. The number of imide groups is 1. The zero-order valence-corrected chi connectivity index (χ0v) is 10.5. The van der Waals surface area contributed by atoms with Crippen molar-refractivity contribution in [3.8, 4) is 0 Å². The molecule has 0 saturated carbocycles. The quantitative estimate of drug-likeness (QED) is 0.786. The van der Waals surface area contributed by atoms with Gasteiger partial charge in [0.2, 0.25) is 0 Å². The number of alkyl halides is 6. The molecule has 21 heavy (non-hydrogen) atoms. The first-order chi connectivity index (χ1) is 9.46. The first kappa shape index (κ1) is 17.0. The minimum atomic E-state index is -5.59. The van der Waals surface area contributed by atoms with Crippen LogP contribution in [-0.2, 0) is 9.59 Å². The number of nitrogens with zero attached hydrogens (tertiary/aromatic N) is 1. The summed E-state index contributed by atoms with van der Waals surface area (Å²) in [4.78, 5) is 21.5. The van der Waals surface area contributed by atoms with Gasteiger partial charge in [0.25, 0.3) is 0 Å². The van der Waals surface area contributed by atoms with Gasteiger partial charge >= 0.3 is 24.2 Å². The topological polar surface area (TPSA) is 37.4 Å². The normalized spacial score (nSPS) is 13.7. The van der Waals surface area contributed by atoms with Gasteiger partial charge in [-0.2, -0.15) is 26.3 Å². The van der Waals surface area contributed by atoms with Crippen LogP contribution < -0.4 is 0 Å². The predicted octanol–water partition coefficient (Wildman–Crippen LogP) is 3.23. The van der Waals surface area contributed by atoms with Gasteiger partial charge in [0, 0.05) is 0 Å². The third-order valence-corrected chi connectivity index (χ3v) is 2.59. The number of rotatable bonds is 2. The van der Waals surface area contributed by atoms with E-state index in [0.717, 1.165) is 6.92 Å². The van der Waals surface area contributed by atoms with Gasteiger partial charge in [-0.05, 0) is 12.5 Å². The van der Waals surface area contributed by atoms with Gasteiger partial charge in [0.15, 0.2) is 0 Å². The molecule has 0 bridgehead atoms. The third kappa shape index (κ3) is 3.96. The Hall–Kier alpha value is -2.06. The van der Waals surface area contributed by atoms with E-state index in [-0.39, 0.29) is 5.56 Å². The fraction of sp³-hybridized carbons (Fsp3) is 0.333. The monoisotopic (exact) mass is 313 g/mol. The molecule has 1 unspecified atom stereocenters. The molecule has 0 heterocycles. The Bertz CT molecular complexity index is 497. The second kappa shape index (κ2) is 5.74. The number of hydrogen-bond acceptors (Lipinski definition) is 2. The highest BCUT2D eigenvalue weighted by Crippen LogP contribution is 2.31. The lowest BCUT2D eigenvalue weighted by atomic mass is 10.1. The van der Waals surface area contributed by atoms with Gasteiger partial charge in [-0.3, -0.25) is 14.5 Å².